The summed E-state index contributed by atoms with van der Waals surface area (Å²) in [5.74, 6) is -0.407. The first kappa shape index (κ1) is 11.9. The van der Waals surface area contributed by atoms with Gasteiger partial charge >= 0.3 is 0 Å². The third kappa shape index (κ3) is 3.83. The molecule has 0 aliphatic carbocycles. The lowest BCUT2D eigenvalue weighted by molar-refractivity contribution is -0.124. The zero-order valence-corrected chi connectivity index (χ0v) is 10.2. The fourth-order valence-corrected chi connectivity index (χ4v) is 1.66. The molecule has 0 unspecified atom stereocenters. The van der Waals surface area contributed by atoms with Gasteiger partial charge in [0.1, 0.15) is 5.78 Å². The number of carbonyl (C=O) groups is 2. The molecule has 0 bridgehead atoms. The zero-order valence-electron chi connectivity index (χ0n) is 8.63. The number of benzene rings is 1. The van der Waals surface area contributed by atoms with E-state index in [2.05, 4.69) is 21.2 Å². The van der Waals surface area contributed by atoms with Gasteiger partial charge in [0.25, 0.3) is 0 Å². The summed E-state index contributed by atoms with van der Waals surface area (Å²) in [5.41, 5.74) is 1.70. The topological polar surface area (TPSA) is 46.2 Å². The van der Waals surface area contributed by atoms with Crippen LogP contribution in [-0.4, -0.2) is 11.7 Å². The average Bonchev–Trinajstić information content (AvgIpc) is 2.08. The lowest BCUT2D eigenvalue weighted by Crippen LogP contribution is -2.15. The molecule has 1 aromatic carbocycles. The Morgan fingerprint density at radius 1 is 1.40 bits per heavy atom. The minimum atomic E-state index is -0.270. The van der Waals surface area contributed by atoms with E-state index in [0.717, 1.165) is 15.7 Å². The normalized spacial score (nSPS) is 9.80. The second kappa shape index (κ2) is 5.07. The molecule has 1 amide bonds. The van der Waals surface area contributed by atoms with Crippen molar-refractivity contribution in [2.45, 2.75) is 20.3 Å². The molecule has 3 nitrogen and oxygen atoms in total. The highest BCUT2D eigenvalue weighted by molar-refractivity contribution is 9.10. The second-order valence-corrected chi connectivity index (χ2v) is 4.30. The fourth-order valence-electron chi connectivity index (χ4n) is 1.19. The minimum absolute atomic E-state index is 0.0739. The lowest BCUT2D eigenvalue weighted by Gasteiger charge is -2.07. The molecule has 0 spiro atoms. The van der Waals surface area contributed by atoms with E-state index in [1.165, 1.54) is 6.92 Å². The van der Waals surface area contributed by atoms with Gasteiger partial charge in [0.2, 0.25) is 5.91 Å². The Morgan fingerprint density at radius 2 is 2.07 bits per heavy atom. The molecule has 80 valence electrons. The molecule has 0 heterocycles. The summed E-state index contributed by atoms with van der Waals surface area (Å²) in [4.78, 5) is 22.0. The molecule has 15 heavy (non-hydrogen) atoms. The zero-order chi connectivity index (χ0) is 11.4. The van der Waals surface area contributed by atoms with Crippen molar-refractivity contribution in [2.24, 2.45) is 0 Å². The van der Waals surface area contributed by atoms with Crippen LogP contribution >= 0.6 is 15.9 Å². The maximum absolute atomic E-state index is 11.3. The van der Waals surface area contributed by atoms with Gasteiger partial charge in [0.15, 0.2) is 0 Å². The van der Waals surface area contributed by atoms with Gasteiger partial charge in [-0.3, -0.25) is 9.59 Å². The van der Waals surface area contributed by atoms with Crippen LogP contribution in [0.15, 0.2) is 22.7 Å². The molecular formula is C11H12BrNO2. The number of halogens is 1. The summed E-state index contributed by atoms with van der Waals surface area (Å²) in [5, 5.41) is 2.69. The molecule has 4 heteroatoms. The Morgan fingerprint density at radius 3 is 2.60 bits per heavy atom. The van der Waals surface area contributed by atoms with Gasteiger partial charge in [0, 0.05) is 10.2 Å². The number of aryl methyl sites for hydroxylation is 1. The van der Waals surface area contributed by atoms with E-state index in [9.17, 15) is 9.59 Å². The number of rotatable bonds is 3. The Balaban J connectivity index is 2.72. The Labute approximate surface area is 97.0 Å². The lowest BCUT2D eigenvalue weighted by atomic mass is 10.2. The summed E-state index contributed by atoms with van der Waals surface area (Å²) < 4.78 is 0.963. The molecule has 1 aromatic rings. The Bertz CT molecular complexity index is 402. The number of anilines is 1. The molecule has 1 rings (SSSR count). The standard InChI is InChI=1S/C11H12BrNO2/c1-7-5-9(12)3-4-10(7)13-11(15)6-8(2)14/h3-5H,6H2,1-2H3,(H,13,15). The van der Waals surface area contributed by atoms with Gasteiger partial charge in [0.05, 0.1) is 6.42 Å². The first-order valence-corrected chi connectivity index (χ1v) is 5.34. The third-order valence-electron chi connectivity index (χ3n) is 1.87. The largest absolute Gasteiger partial charge is 0.325 e. The minimum Gasteiger partial charge on any atom is -0.325 e. The first-order valence-electron chi connectivity index (χ1n) is 4.54. The van der Waals surface area contributed by atoms with Crippen LogP contribution in [0.5, 0.6) is 0 Å². The predicted octanol–water partition coefficient (Wildman–Crippen LogP) is 2.68. The van der Waals surface area contributed by atoms with Gasteiger partial charge in [-0.1, -0.05) is 15.9 Å². The highest BCUT2D eigenvalue weighted by Crippen LogP contribution is 2.20. The number of nitrogens with one attached hydrogen (secondary N) is 1. The quantitative estimate of drug-likeness (QED) is 0.858. The molecule has 0 saturated carbocycles. The van der Waals surface area contributed by atoms with Crippen molar-refractivity contribution >= 4 is 33.3 Å². The summed E-state index contributed by atoms with van der Waals surface area (Å²) in [7, 11) is 0. The third-order valence-corrected chi connectivity index (χ3v) is 2.37. The summed E-state index contributed by atoms with van der Waals surface area (Å²) >= 11 is 3.34. The second-order valence-electron chi connectivity index (χ2n) is 3.39. The van der Waals surface area contributed by atoms with E-state index < -0.39 is 0 Å². The number of amides is 1. The molecule has 0 aliphatic heterocycles. The van der Waals surface area contributed by atoms with E-state index in [0.29, 0.717) is 0 Å². The van der Waals surface area contributed by atoms with Crippen molar-refractivity contribution in [1.29, 1.82) is 0 Å². The van der Waals surface area contributed by atoms with Crippen LogP contribution in [0.3, 0.4) is 0 Å². The van der Waals surface area contributed by atoms with Crippen LogP contribution in [0.4, 0.5) is 5.69 Å². The molecule has 0 saturated heterocycles. The summed E-state index contributed by atoms with van der Waals surface area (Å²) in [6.07, 6.45) is -0.0739. The van der Waals surface area contributed by atoms with Crippen molar-refractivity contribution in [2.75, 3.05) is 5.32 Å². The van der Waals surface area contributed by atoms with E-state index in [1.807, 2.05) is 19.1 Å². The molecule has 0 atom stereocenters. The van der Waals surface area contributed by atoms with Gasteiger partial charge < -0.3 is 5.32 Å². The van der Waals surface area contributed by atoms with Crippen molar-refractivity contribution in [3.05, 3.63) is 28.2 Å². The van der Waals surface area contributed by atoms with Gasteiger partial charge in [-0.25, -0.2) is 0 Å². The smallest absolute Gasteiger partial charge is 0.231 e. The SMILES string of the molecule is CC(=O)CC(=O)Nc1ccc(Br)cc1C. The fraction of sp³-hybridized carbons (Fsp3) is 0.273. The van der Waals surface area contributed by atoms with E-state index in [4.69, 9.17) is 0 Å². The van der Waals surface area contributed by atoms with Crippen LogP contribution in [0.1, 0.15) is 18.9 Å². The molecule has 0 radical (unpaired) electrons. The maximum Gasteiger partial charge on any atom is 0.231 e. The van der Waals surface area contributed by atoms with Gasteiger partial charge in [-0.2, -0.15) is 0 Å². The maximum atomic E-state index is 11.3. The van der Waals surface area contributed by atoms with Crippen molar-refractivity contribution in [1.82, 2.24) is 0 Å². The molecule has 1 N–H and O–H groups in total. The van der Waals surface area contributed by atoms with Gasteiger partial charge in [-0.15, -0.1) is 0 Å². The van der Waals surface area contributed by atoms with E-state index in [-0.39, 0.29) is 18.1 Å². The number of carbonyl (C=O) groups excluding carboxylic acids is 2. The van der Waals surface area contributed by atoms with Crippen LogP contribution in [0, 0.1) is 6.92 Å². The molecular weight excluding hydrogens is 258 g/mol. The molecule has 0 aliphatic rings. The average molecular weight is 270 g/mol. The van der Waals surface area contributed by atoms with Crippen molar-refractivity contribution in [3.63, 3.8) is 0 Å². The Hall–Kier alpha value is -1.16. The van der Waals surface area contributed by atoms with Crippen LogP contribution in [0.25, 0.3) is 0 Å². The van der Waals surface area contributed by atoms with Crippen LogP contribution in [-0.2, 0) is 9.59 Å². The predicted molar refractivity (Wildman–Crippen MR) is 62.8 cm³/mol. The summed E-state index contributed by atoms with van der Waals surface area (Å²) in [6.45, 7) is 3.29. The highest BCUT2D eigenvalue weighted by Gasteiger charge is 2.06. The number of hydrogen-bond acceptors (Lipinski definition) is 2. The van der Waals surface area contributed by atoms with E-state index >= 15 is 0 Å². The number of Topliss-reactive ketones (excluding diaryl/α,β-unsaturated/α-hetero) is 1. The van der Waals surface area contributed by atoms with Crippen molar-refractivity contribution in [3.8, 4) is 0 Å². The number of ketones is 1. The monoisotopic (exact) mass is 269 g/mol. The summed E-state index contributed by atoms with van der Waals surface area (Å²) in [6, 6.07) is 5.55. The van der Waals surface area contributed by atoms with E-state index in [1.54, 1.807) is 6.07 Å². The van der Waals surface area contributed by atoms with Crippen LogP contribution < -0.4 is 5.32 Å². The van der Waals surface area contributed by atoms with Gasteiger partial charge in [-0.05, 0) is 37.6 Å². The van der Waals surface area contributed by atoms with Crippen molar-refractivity contribution < 1.29 is 9.59 Å². The Kier molecular flexibility index (Phi) is 4.03. The molecule has 0 aromatic heterocycles. The number of hydrogen-bond donors (Lipinski definition) is 1. The van der Waals surface area contributed by atoms with Crippen LogP contribution in [0.2, 0.25) is 0 Å². The first-order chi connectivity index (χ1) is 6.99. The molecule has 0 fully saturated rings. The highest BCUT2D eigenvalue weighted by atomic mass is 79.9.